The molecule has 13 heavy (non-hydrogen) atoms. The zero-order valence-corrected chi connectivity index (χ0v) is 8.12. The van der Waals surface area contributed by atoms with Gasteiger partial charge in [-0.05, 0) is 19.4 Å². The summed E-state index contributed by atoms with van der Waals surface area (Å²) >= 11 is 0. The lowest BCUT2D eigenvalue weighted by Crippen LogP contribution is -2.42. The van der Waals surface area contributed by atoms with Crippen molar-refractivity contribution in [3.05, 3.63) is 0 Å². The molecule has 1 aliphatic heterocycles. The minimum absolute atomic E-state index is 0.0440. The number of hydrogen-bond donors (Lipinski definition) is 2. The van der Waals surface area contributed by atoms with E-state index in [4.69, 9.17) is 5.11 Å². The van der Waals surface area contributed by atoms with Gasteiger partial charge in [0.05, 0.1) is 12.5 Å². The molecule has 76 valence electrons. The highest BCUT2D eigenvalue weighted by Crippen LogP contribution is 2.12. The van der Waals surface area contributed by atoms with Crippen LogP contribution in [0.4, 0.5) is 0 Å². The molecule has 0 saturated carbocycles. The molecule has 1 heterocycles. The Hall–Kier alpha value is -0.610. The van der Waals surface area contributed by atoms with Gasteiger partial charge in [-0.1, -0.05) is 0 Å². The second-order valence-electron chi connectivity index (χ2n) is 3.53. The lowest BCUT2D eigenvalue weighted by Gasteiger charge is -2.26. The highest BCUT2D eigenvalue weighted by molar-refractivity contribution is 5.78. The van der Waals surface area contributed by atoms with Crippen molar-refractivity contribution in [3.63, 3.8) is 0 Å². The molecule has 0 bridgehead atoms. The van der Waals surface area contributed by atoms with Crippen LogP contribution in [0.15, 0.2) is 0 Å². The quantitative estimate of drug-likeness (QED) is 0.621. The number of nitrogens with zero attached hydrogens (tertiary/aromatic N) is 1. The van der Waals surface area contributed by atoms with E-state index < -0.39 is 0 Å². The predicted octanol–water partition coefficient (Wildman–Crippen LogP) is -0.563. The first-order chi connectivity index (χ1) is 6.25. The van der Waals surface area contributed by atoms with Crippen LogP contribution in [0.2, 0.25) is 0 Å². The average molecular weight is 186 g/mol. The number of amides is 1. The molecule has 1 aliphatic rings. The van der Waals surface area contributed by atoms with Gasteiger partial charge in [0.1, 0.15) is 0 Å². The summed E-state index contributed by atoms with van der Waals surface area (Å²) in [5.41, 5.74) is 0. The summed E-state index contributed by atoms with van der Waals surface area (Å²) in [5, 5.41) is 11.9. The molecule has 1 rings (SSSR count). The van der Waals surface area contributed by atoms with Gasteiger partial charge in [-0.25, -0.2) is 0 Å². The van der Waals surface area contributed by atoms with Gasteiger partial charge in [-0.2, -0.15) is 0 Å². The van der Waals surface area contributed by atoms with Crippen molar-refractivity contribution in [1.29, 1.82) is 0 Å². The molecule has 2 N–H and O–H groups in total. The number of carbonyl (C=O) groups is 1. The van der Waals surface area contributed by atoms with Crippen molar-refractivity contribution < 1.29 is 9.90 Å². The van der Waals surface area contributed by atoms with Crippen LogP contribution < -0.4 is 5.32 Å². The maximum absolute atomic E-state index is 11.7. The number of likely N-dealkylation sites (N-methyl/N-ethyl adjacent to an activating group) is 1. The van der Waals surface area contributed by atoms with E-state index in [0.717, 1.165) is 25.9 Å². The highest BCUT2D eigenvalue weighted by atomic mass is 16.3. The molecule has 1 amide bonds. The Balaban J connectivity index is 2.36. The molecule has 4 heteroatoms. The van der Waals surface area contributed by atoms with Crippen LogP contribution in [-0.4, -0.2) is 49.2 Å². The normalized spacial score (nSPS) is 22.8. The summed E-state index contributed by atoms with van der Waals surface area (Å²) in [4.78, 5) is 13.3. The fraction of sp³-hybridized carbons (Fsp3) is 0.889. The molecule has 1 fully saturated rings. The van der Waals surface area contributed by atoms with Crippen LogP contribution in [0.25, 0.3) is 0 Å². The summed E-state index contributed by atoms with van der Waals surface area (Å²) in [6, 6.07) is 0. The molecule has 4 nitrogen and oxygen atoms in total. The number of aliphatic hydroxyl groups is 1. The van der Waals surface area contributed by atoms with E-state index in [1.807, 2.05) is 0 Å². The summed E-state index contributed by atoms with van der Waals surface area (Å²) in [6.45, 7) is 2.29. The van der Waals surface area contributed by atoms with Gasteiger partial charge in [0.25, 0.3) is 0 Å². The highest BCUT2D eigenvalue weighted by Gasteiger charge is 2.23. The number of rotatable bonds is 3. The second kappa shape index (κ2) is 5.19. The predicted molar refractivity (Wildman–Crippen MR) is 50.3 cm³/mol. The number of piperidine rings is 1. The molecule has 0 aromatic rings. The van der Waals surface area contributed by atoms with Crippen molar-refractivity contribution in [2.45, 2.75) is 12.8 Å². The molecule has 0 aromatic heterocycles. The molecular formula is C9H18N2O2. The van der Waals surface area contributed by atoms with Crippen LogP contribution in [0.3, 0.4) is 0 Å². The molecule has 1 unspecified atom stereocenters. The largest absolute Gasteiger partial charge is 0.395 e. The Morgan fingerprint density at radius 1 is 1.69 bits per heavy atom. The van der Waals surface area contributed by atoms with Gasteiger partial charge >= 0.3 is 0 Å². The summed E-state index contributed by atoms with van der Waals surface area (Å²) < 4.78 is 0. The minimum Gasteiger partial charge on any atom is -0.395 e. The maximum Gasteiger partial charge on any atom is 0.226 e. The Bertz CT molecular complexity index is 167. The lowest BCUT2D eigenvalue weighted by atomic mass is 9.98. The number of hydrogen-bond acceptors (Lipinski definition) is 3. The molecule has 1 atom stereocenters. The zero-order chi connectivity index (χ0) is 9.68. The third-order valence-electron chi connectivity index (χ3n) is 2.46. The topological polar surface area (TPSA) is 52.6 Å². The Labute approximate surface area is 78.9 Å². The van der Waals surface area contributed by atoms with Crippen molar-refractivity contribution in [3.8, 4) is 0 Å². The molecular weight excluding hydrogens is 168 g/mol. The molecule has 0 aliphatic carbocycles. The van der Waals surface area contributed by atoms with Gasteiger partial charge in [0, 0.05) is 20.1 Å². The van der Waals surface area contributed by atoms with E-state index in [0.29, 0.717) is 6.54 Å². The first-order valence-electron chi connectivity index (χ1n) is 4.82. The third kappa shape index (κ3) is 2.97. The van der Waals surface area contributed by atoms with Crippen molar-refractivity contribution >= 4 is 5.91 Å². The van der Waals surface area contributed by atoms with Gasteiger partial charge in [-0.15, -0.1) is 0 Å². The number of nitrogens with one attached hydrogen (secondary N) is 1. The maximum atomic E-state index is 11.7. The zero-order valence-electron chi connectivity index (χ0n) is 8.12. The number of carbonyl (C=O) groups excluding carboxylic acids is 1. The SMILES string of the molecule is CN(CCO)C(=O)C1CCCNC1. The first-order valence-corrected chi connectivity index (χ1v) is 4.82. The Morgan fingerprint density at radius 2 is 2.46 bits per heavy atom. The molecule has 0 aromatic carbocycles. The van der Waals surface area contributed by atoms with Crippen LogP contribution in [0.5, 0.6) is 0 Å². The minimum atomic E-state index is 0.0440. The van der Waals surface area contributed by atoms with Gasteiger partial charge in [0.15, 0.2) is 0 Å². The van der Waals surface area contributed by atoms with E-state index >= 15 is 0 Å². The van der Waals surface area contributed by atoms with E-state index in [1.54, 1.807) is 11.9 Å². The summed E-state index contributed by atoms with van der Waals surface area (Å²) in [6.07, 6.45) is 2.05. The van der Waals surface area contributed by atoms with Crippen LogP contribution in [0, 0.1) is 5.92 Å². The van der Waals surface area contributed by atoms with E-state index in [2.05, 4.69) is 5.32 Å². The monoisotopic (exact) mass is 186 g/mol. The molecule has 0 spiro atoms. The van der Waals surface area contributed by atoms with Crippen molar-refractivity contribution in [2.75, 3.05) is 33.3 Å². The molecule has 0 radical (unpaired) electrons. The van der Waals surface area contributed by atoms with Crippen LogP contribution >= 0.6 is 0 Å². The van der Waals surface area contributed by atoms with Gasteiger partial charge < -0.3 is 15.3 Å². The van der Waals surface area contributed by atoms with Crippen molar-refractivity contribution in [1.82, 2.24) is 10.2 Å². The summed E-state index contributed by atoms with van der Waals surface area (Å²) in [7, 11) is 1.74. The fourth-order valence-electron chi connectivity index (χ4n) is 1.63. The fourth-order valence-corrected chi connectivity index (χ4v) is 1.63. The first kappa shape index (κ1) is 10.5. The third-order valence-corrected chi connectivity index (χ3v) is 2.46. The Kier molecular flexibility index (Phi) is 4.18. The second-order valence-corrected chi connectivity index (χ2v) is 3.53. The van der Waals surface area contributed by atoms with Gasteiger partial charge in [-0.3, -0.25) is 4.79 Å². The smallest absolute Gasteiger partial charge is 0.226 e. The van der Waals surface area contributed by atoms with Crippen LogP contribution in [0.1, 0.15) is 12.8 Å². The number of aliphatic hydroxyl groups excluding tert-OH is 1. The molecule has 1 saturated heterocycles. The Morgan fingerprint density at radius 3 is 3.00 bits per heavy atom. The van der Waals surface area contributed by atoms with E-state index in [1.165, 1.54) is 0 Å². The van der Waals surface area contributed by atoms with E-state index in [9.17, 15) is 4.79 Å². The standard InChI is InChI=1S/C9H18N2O2/c1-11(5-6-12)9(13)8-3-2-4-10-7-8/h8,10,12H,2-7H2,1H3. The van der Waals surface area contributed by atoms with Crippen LogP contribution in [-0.2, 0) is 4.79 Å². The van der Waals surface area contributed by atoms with Crippen molar-refractivity contribution in [2.24, 2.45) is 5.92 Å². The average Bonchev–Trinajstić information content (AvgIpc) is 2.18. The van der Waals surface area contributed by atoms with E-state index in [-0.39, 0.29) is 18.4 Å². The summed E-state index contributed by atoms with van der Waals surface area (Å²) in [5.74, 6) is 0.270. The van der Waals surface area contributed by atoms with Gasteiger partial charge in [0.2, 0.25) is 5.91 Å². The lowest BCUT2D eigenvalue weighted by molar-refractivity contribution is -0.135.